The van der Waals surface area contributed by atoms with Gasteiger partial charge in [-0.1, -0.05) is 30.3 Å². The van der Waals surface area contributed by atoms with E-state index >= 15 is 0 Å². The largest absolute Gasteiger partial charge is 0.480 e. The number of ether oxygens (including phenoxy) is 1. The Hall–Kier alpha value is -2.08. The molecule has 1 heterocycles. The van der Waals surface area contributed by atoms with Gasteiger partial charge in [-0.05, 0) is 31.2 Å². The van der Waals surface area contributed by atoms with Crippen LogP contribution in [0.4, 0.5) is 4.79 Å². The Morgan fingerprint density at radius 2 is 1.92 bits per heavy atom. The van der Waals surface area contributed by atoms with Crippen molar-refractivity contribution < 1.29 is 19.4 Å². The van der Waals surface area contributed by atoms with Crippen molar-refractivity contribution in [2.24, 2.45) is 0 Å². The number of nitrogens with zero attached hydrogens (tertiary/aromatic N) is 2. The number of rotatable bonds is 6. The molecular formula is C18H24N2O4. The van der Waals surface area contributed by atoms with Crippen LogP contribution >= 0.6 is 0 Å². The molecule has 0 aromatic heterocycles. The van der Waals surface area contributed by atoms with E-state index in [4.69, 9.17) is 9.84 Å². The molecule has 1 aliphatic heterocycles. The van der Waals surface area contributed by atoms with Crippen molar-refractivity contribution in [3.05, 3.63) is 35.9 Å². The quantitative estimate of drug-likeness (QED) is 0.866. The summed E-state index contributed by atoms with van der Waals surface area (Å²) < 4.78 is 5.40. The number of aliphatic carboxylic acids is 1. The predicted octanol–water partition coefficient (Wildman–Crippen LogP) is 2.34. The molecule has 1 saturated carbocycles. The van der Waals surface area contributed by atoms with E-state index in [1.165, 1.54) is 0 Å². The lowest BCUT2D eigenvalue weighted by Gasteiger charge is -2.38. The van der Waals surface area contributed by atoms with Gasteiger partial charge in [0.15, 0.2) is 0 Å². The van der Waals surface area contributed by atoms with E-state index in [1.807, 2.05) is 30.3 Å². The van der Waals surface area contributed by atoms with Crippen molar-refractivity contribution in [1.82, 2.24) is 9.80 Å². The topological polar surface area (TPSA) is 70.1 Å². The summed E-state index contributed by atoms with van der Waals surface area (Å²) in [6.45, 7) is 1.55. The summed E-state index contributed by atoms with van der Waals surface area (Å²) >= 11 is 0. The van der Waals surface area contributed by atoms with E-state index in [1.54, 1.807) is 4.90 Å². The maximum atomic E-state index is 12.3. The molecule has 0 bridgehead atoms. The van der Waals surface area contributed by atoms with Crippen LogP contribution in [0.3, 0.4) is 0 Å². The van der Waals surface area contributed by atoms with E-state index in [9.17, 15) is 9.59 Å². The summed E-state index contributed by atoms with van der Waals surface area (Å²) in [4.78, 5) is 27.2. The molecule has 1 aromatic rings. The Morgan fingerprint density at radius 3 is 2.58 bits per heavy atom. The summed E-state index contributed by atoms with van der Waals surface area (Å²) in [7, 11) is 0. The molecule has 6 heteroatoms. The molecule has 1 aliphatic carbocycles. The summed E-state index contributed by atoms with van der Waals surface area (Å²) in [6, 6.07) is 10.1. The molecular weight excluding hydrogens is 308 g/mol. The second-order valence-electron chi connectivity index (χ2n) is 6.58. The van der Waals surface area contributed by atoms with Gasteiger partial charge < -0.3 is 14.7 Å². The average molecular weight is 332 g/mol. The summed E-state index contributed by atoms with van der Waals surface area (Å²) in [6.07, 6.45) is 3.62. The highest BCUT2D eigenvalue weighted by atomic mass is 16.6. The average Bonchev–Trinajstić information content (AvgIpc) is 3.43. The van der Waals surface area contributed by atoms with Crippen LogP contribution in [0.25, 0.3) is 0 Å². The minimum Gasteiger partial charge on any atom is -0.480 e. The van der Waals surface area contributed by atoms with Gasteiger partial charge in [0.05, 0.1) is 6.54 Å². The first-order valence-electron chi connectivity index (χ1n) is 8.56. The van der Waals surface area contributed by atoms with Gasteiger partial charge >= 0.3 is 12.1 Å². The molecule has 3 rings (SSSR count). The smallest absolute Gasteiger partial charge is 0.410 e. The maximum Gasteiger partial charge on any atom is 0.410 e. The minimum absolute atomic E-state index is 0.0578. The van der Waals surface area contributed by atoms with Crippen LogP contribution in [0.1, 0.15) is 31.2 Å². The van der Waals surface area contributed by atoms with E-state index in [0.717, 1.165) is 31.2 Å². The normalized spacial score (nSPS) is 20.9. The number of likely N-dealkylation sites (tertiary alicyclic amines) is 1. The molecule has 2 aliphatic rings. The Bertz CT molecular complexity index is 574. The maximum absolute atomic E-state index is 12.3. The van der Waals surface area contributed by atoms with E-state index < -0.39 is 5.97 Å². The minimum atomic E-state index is -0.800. The van der Waals surface area contributed by atoms with Crippen molar-refractivity contribution in [2.45, 2.75) is 44.4 Å². The highest BCUT2D eigenvalue weighted by Gasteiger charge is 2.37. The van der Waals surface area contributed by atoms with Crippen molar-refractivity contribution in [1.29, 1.82) is 0 Å². The Morgan fingerprint density at radius 1 is 1.17 bits per heavy atom. The lowest BCUT2D eigenvalue weighted by atomic mass is 10.0. The SMILES string of the molecule is O=C(O)CN(C1CC1)[C@@H]1CCCN(C(=O)OCc2ccccc2)C1. The van der Waals surface area contributed by atoms with Crippen molar-refractivity contribution in [3.8, 4) is 0 Å². The van der Waals surface area contributed by atoms with Crippen LogP contribution in [0.5, 0.6) is 0 Å². The van der Waals surface area contributed by atoms with Crippen molar-refractivity contribution in [3.63, 3.8) is 0 Å². The van der Waals surface area contributed by atoms with Gasteiger partial charge in [0.1, 0.15) is 6.61 Å². The van der Waals surface area contributed by atoms with Crippen molar-refractivity contribution >= 4 is 12.1 Å². The van der Waals surface area contributed by atoms with Gasteiger partial charge in [0.2, 0.25) is 0 Å². The molecule has 1 atom stereocenters. The van der Waals surface area contributed by atoms with Crippen LogP contribution in [0.2, 0.25) is 0 Å². The fraction of sp³-hybridized carbons (Fsp3) is 0.556. The molecule has 1 saturated heterocycles. The third kappa shape index (κ3) is 4.47. The van der Waals surface area contributed by atoms with Gasteiger partial charge in [-0.15, -0.1) is 0 Å². The Balaban J connectivity index is 1.54. The van der Waals surface area contributed by atoms with Gasteiger partial charge in [-0.2, -0.15) is 0 Å². The number of hydrogen-bond donors (Lipinski definition) is 1. The van der Waals surface area contributed by atoms with Crippen molar-refractivity contribution in [2.75, 3.05) is 19.6 Å². The number of carboxylic acid groups (broad SMARTS) is 1. The molecule has 0 unspecified atom stereocenters. The highest BCUT2D eigenvalue weighted by Crippen LogP contribution is 2.31. The molecule has 6 nitrogen and oxygen atoms in total. The first-order chi connectivity index (χ1) is 11.6. The van der Waals surface area contributed by atoms with E-state index in [-0.39, 0.29) is 25.3 Å². The third-order valence-electron chi connectivity index (χ3n) is 4.66. The van der Waals surface area contributed by atoms with Crippen LogP contribution in [-0.4, -0.2) is 58.7 Å². The van der Waals surface area contributed by atoms with Gasteiger partial charge in [0, 0.05) is 25.2 Å². The number of carboxylic acids is 1. The molecule has 0 spiro atoms. The first-order valence-corrected chi connectivity index (χ1v) is 8.56. The number of carbonyl (C=O) groups excluding carboxylic acids is 1. The number of carbonyl (C=O) groups is 2. The fourth-order valence-electron chi connectivity index (χ4n) is 3.32. The van der Waals surface area contributed by atoms with Crippen LogP contribution < -0.4 is 0 Å². The summed E-state index contributed by atoms with van der Waals surface area (Å²) in [5.74, 6) is -0.800. The monoisotopic (exact) mass is 332 g/mol. The van der Waals surface area contributed by atoms with Gasteiger partial charge in [-0.3, -0.25) is 9.69 Å². The summed E-state index contributed by atoms with van der Waals surface area (Å²) in [5.41, 5.74) is 0.963. The zero-order chi connectivity index (χ0) is 16.9. The lowest BCUT2D eigenvalue weighted by molar-refractivity contribution is -0.139. The van der Waals surface area contributed by atoms with E-state index in [2.05, 4.69) is 4.90 Å². The Labute approximate surface area is 142 Å². The fourth-order valence-corrected chi connectivity index (χ4v) is 3.32. The molecule has 2 fully saturated rings. The van der Waals surface area contributed by atoms with Crippen LogP contribution in [0.15, 0.2) is 30.3 Å². The van der Waals surface area contributed by atoms with Crippen LogP contribution in [-0.2, 0) is 16.1 Å². The molecule has 130 valence electrons. The molecule has 24 heavy (non-hydrogen) atoms. The highest BCUT2D eigenvalue weighted by molar-refractivity contribution is 5.69. The Kier molecular flexibility index (Phi) is 5.35. The van der Waals surface area contributed by atoms with Gasteiger partial charge in [0.25, 0.3) is 0 Å². The predicted molar refractivity (Wildman–Crippen MR) is 88.6 cm³/mol. The third-order valence-corrected chi connectivity index (χ3v) is 4.66. The number of hydrogen-bond acceptors (Lipinski definition) is 4. The standard InChI is InChI=1S/C18H24N2O4/c21-17(22)12-20(15-8-9-15)16-7-4-10-19(11-16)18(23)24-13-14-5-2-1-3-6-14/h1-3,5-6,15-16H,4,7-13H2,(H,21,22)/t16-/m1/s1. The first kappa shape index (κ1) is 16.8. The van der Waals surface area contributed by atoms with E-state index in [0.29, 0.717) is 19.1 Å². The second kappa shape index (κ2) is 7.66. The zero-order valence-corrected chi connectivity index (χ0v) is 13.8. The molecule has 0 radical (unpaired) electrons. The number of piperidine rings is 1. The number of amides is 1. The second-order valence-corrected chi connectivity index (χ2v) is 6.58. The molecule has 1 aromatic carbocycles. The lowest BCUT2D eigenvalue weighted by Crippen LogP contribution is -2.51. The van der Waals surface area contributed by atoms with Gasteiger partial charge in [-0.25, -0.2) is 4.79 Å². The number of benzene rings is 1. The molecule has 1 N–H and O–H groups in total. The molecule has 1 amide bonds. The zero-order valence-electron chi connectivity index (χ0n) is 13.8. The van der Waals surface area contributed by atoms with Crippen LogP contribution in [0, 0.1) is 0 Å². The summed E-state index contributed by atoms with van der Waals surface area (Å²) in [5, 5.41) is 9.13.